The predicted molar refractivity (Wildman–Crippen MR) is 65.5 cm³/mol. The number of carbonyl (C=O) groups is 2. The first-order valence-electron chi connectivity index (χ1n) is 6.83. The lowest BCUT2D eigenvalue weighted by atomic mass is 9.82. The summed E-state index contributed by atoms with van der Waals surface area (Å²) in [6.07, 6.45) is 7.82. The third kappa shape index (κ3) is 2.79. The maximum absolute atomic E-state index is 11.8. The van der Waals surface area contributed by atoms with Crippen LogP contribution >= 0.6 is 0 Å². The second kappa shape index (κ2) is 5.52. The molecule has 0 aromatic rings. The van der Waals surface area contributed by atoms with Gasteiger partial charge in [0.1, 0.15) is 0 Å². The SMILES string of the molecule is CCC(C1CCCCC1)N1CCC(=O)NC1=O. The molecule has 3 amide bonds. The number of hydrogen-bond acceptors (Lipinski definition) is 2. The largest absolute Gasteiger partial charge is 0.324 e. The van der Waals surface area contributed by atoms with E-state index in [1.807, 2.05) is 4.90 Å². The van der Waals surface area contributed by atoms with E-state index in [-0.39, 0.29) is 11.9 Å². The van der Waals surface area contributed by atoms with Gasteiger partial charge in [-0.2, -0.15) is 0 Å². The molecule has 17 heavy (non-hydrogen) atoms. The van der Waals surface area contributed by atoms with E-state index >= 15 is 0 Å². The van der Waals surface area contributed by atoms with Gasteiger partial charge in [-0.15, -0.1) is 0 Å². The number of nitrogens with one attached hydrogen (secondary N) is 1. The molecule has 0 bridgehead atoms. The van der Waals surface area contributed by atoms with Crippen LogP contribution in [-0.2, 0) is 4.79 Å². The Balaban J connectivity index is 2.01. The van der Waals surface area contributed by atoms with Gasteiger partial charge in [0.05, 0.1) is 0 Å². The molecule has 2 aliphatic rings. The van der Waals surface area contributed by atoms with Crippen molar-refractivity contribution in [3.8, 4) is 0 Å². The summed E-state index contributed by atoms with van der Waals surface area (Å²) in [4.78, 5) is 24.9. The number of rotatable bonds is 3. The Hall–Kier alpha value is -1.06. The summed E-state index contributed by atoms with van der Waals surface area (Å²) in [5.74, 6) is 0.498. The normalized spacial score (nSPS) is 24.6. The summed E-state index contributed by atoms with van der Waals surface area (Å²) in [7, 11) is 0. The van der Waals surface area contributed by atoms with Crippen molar-refractivity contribution in [1.82, 2.24) is 10.2 Å². The molecule has 1 saturated carbocycles. The minimum Gasteiger partial charge on any atom is -0.321 e. The second-order valence-electron chi connectivity index (χ2n) is 5.17. The van der Waals surface area contributed by atoms with Crippen LogP contribution in [0.5, 0.6) is 0 Å². The Morgan fingerprint density at radius 2 is 2.00 bits per heavy atom. The fourth-order valence-corrected chi connectivity index (χ4v) is 3.22. The number of nitrogens with zero attached hydrogens (tertiary/aromatic N) is 1. The summed E-state index contributed by atoms with van der Waals surface area (Å²) in [5.41, 5.74) is 0. The van der Waals surface area contributed by atoms with Crippen LogP contribution in [0.15, 0.2) is 0 Å². The van der Waals surface area contributed by atoms with Gasteiger partial charge in [0.2, 0.25) is 5.91 Å². The summed E-state index contributed by atoms with van der Waals surface area (Å²) < 4.78 is 0. The zero-order valence-corrected chi connectivity index (χ0v) is 10.6. The highest BCUT2D eigenvalue weighted by Gasteiger charge is 2.33. The van der Waals surface area contributed by atoms with Crippen molar-refractivity contribution in [2.24, 2.45) is 5.92 Å². The van der Waals surface area contributed by atoms with Gasteiger partial charge in [0, 0.05) is 19.0 Å². The molecule has 1 atom stereocenters. The number of carbonyl (C=O) groups excluding carboxylic acids is 2. The van der Waals surface area contributed by atoms with E-state index in [1.165, 1.54) is 32.1 Å². The van der Waals surface area contributed by atoms with Gasteiger partial charge in [-0.3, -0.25) is 10.1 Å². The summed E-state index contributed by atoms with van der Waals surface area (Å²) in [6, 6.07) is 0.141. The summed E-state index contributed by atoms with van der Waals surface area (Å²) >= 11 is 0. The van der Waals surface area contributed by atoms with Gasteiger partial charge in [0.25, 0.3) is 0 Å². The number of imide groups is 1. The van der Waals surface area contributed by atoms with E-state index in [0.717, 1.165) is 6.42 Å². The van der Waals surface area contributed by atoms with Crippen LogP contribution in [0.4, 0.5) is 4.79 Å². The van der Waals surface area contributed by atoms with E-state index in [2.05, 4.69) is 12.2 Å². The van der Waals surface area contributed by atoms with E-state index in [1.54, 1.807) is 0 Å². The fourth-order valence-electron chi connectivity index (χ4n) is 3.22. The van der Waals surface area contributed by atoms with Crippen LogP contribution in [0.3, 0.4) is 0 Å². The van der Waals surface area contributed by atoms with Crippen LogP contribution in [-0.4, -0.2) is 29.4 Å². The quantitative estimate of drug-likeness (QED) is 0.820. The number of urea groups is 1. The molecule has 1 aliphatic heterocycles. The smallest absolute Gasteiger partial charge is 0.321 e. The monoisotopic (exact) mass is 238 g/mol. The Kier molecular flexibility index (Phi) is 4.02. The molecule has 0 aromatic heterocycles. The van der Waals surface area contributed by atoms with Crippen LogP contribution in [0.25, 0.3) is 0 Å². The molecular weight excluding hydrogens is 216 g/mol. The highest BCUT2D eigenvalue weighted by atomic mass is 16.2. The van der Waals surface area contributed by atoms with Crippen LogP contribution < -0.4 is 5.32 Å². The lowest BCUT2D eigenvalue weighted by Crippen LogP contribution is -2.55. The van der Waals surface area contributed by atoms with Gasteiger partial charge < -0.3 is 4.90 Å². The summed E-state index contributed by atoms with van der Waals surface area (Å²) in [5, 5.41) is 2.43. The van der Waals surface area contributed by atoms with Crippen molar-refractivity contribution in [3.63, 3.8) is 0 Å². The van der Waals surface area contributed by atoms with Crippen LogP contribution in [0, 0.1) is 5.92 Å². The second-order valence-corrected chi connectivity index (χ2v) is 5.17. The molecule has 0 radical (unpaired) electrons. The van der Waals surface area contributed by atoms with Crippen LogP contribution in [0.2, 0.25) is 0 Å². The van der Waals surface area contributed by atoms with Gasteiger partial charge in [-0.1, -0.05) is 26.2 Å². The maximum Gasteiger partial charge on any atom is 0.324 e. The average molecular weight is 238 g/mol. The van der Waals surface area contributed by atoms with E-state index in [0.29, 0.717) is 24.9 Å². The van der Waals surface area contributed by atoms with E-state index < -0.39 is 0 Å². The molecule has 0 aromatic carbocycles. The zero-order chi connectivity index (χ0) is 12.3. The predicted octanol–water partition coefficient (Wildman–Crippen LogP) is 2.29. The van der Waals surface area contributed by atoms with E-state index in [4.69, 9.17) is 0 Å². The first-order chi connectivity index (χ1) is 8.22. The molecule has 2 rings (SSSR count). The van der Waals surface area contributed by atoms with Gasteiger partial charge in [-0.25, -0.2) is 4.79 Å². The number of amides is 3. The standard InChI is InChI=1S/C13H22N2O2/c1-2-11(10-6-4-3-5-7-10)15-9-8-12(16)14-13(15)17/h10-11H,2-9H2,1H3,(H,14,16,17). The van der Waals surface area contributed by atoms with Crippen molar-refractivity contribution >= 4 is 11.9 Å². The fraction of sp³-hybridized carbons (Fsp3) is 0.846. The lowest BCUT2D eigenvalue weighted by molar-refractivity contribution is -0.121. The molecule has 1 saturated heterocycles. The van der Waals surface area contributed by atoms with Crippen LogP contribution in [0.1, 0.15) is 51.9 Å². The molecule has 1 unspecified atom stereocenters. The Morgan fingerprint density at radius 1 is 1.29 bits per heavy atom. The molecule has 1 aliphatic carbocycles. The topological polar surface area (TPSA) is 49.4 Å². The van der Waals surface area contributed by atoms with Crippen molar-refractivity contribution in [3.05, 3.63) is 0 Å². The van der Waals surface area contributed by atoms with Crippen molar-refractivity contribution in [2.45, 2.75) is 57.9 Å². The average Bonchev–Trinajstić information content (AvgIpc) is 2.34. The molecule has 4 heteroatoms. The van der Waals surface area contributed by atoms with Crippen molar-refractivity contribution in [2.75, 3.05) is 6.54 Å². The molecular formula is C13H22N2O2. The Labute approximate surface area is 103 Å². The minimum atomic E-state index is -0.182. The molecule has 0 spiro atoms. The highest BCUT2D eigenvalue weighted by Crippen LogP contribution is 2.31. The Bertz CT molecular complexity index is 298. The van der Waals surface area contributed by atoms with Gasteiger partial charge >= 0.3 is 6.03 Å². The zero-order valence-electron chi connectivity index (χ0n) is 10.6. The third-order valence-corrected chi connectivity index (χ3v) is 4.10. The highest BCUT2D eigenvalue weighted by molar-refractivity contribution is 5.96. The van der Waals surface area contributed by atoms with Gasteiger partial charge in [-0.05, 0) is 25.2 Å². The first kappa shape index (κ1) is 12.4. The lowest BCUT2D eigenvalue weighted by Gasteiger charge is -2.39. The van der Waals surface area contributed by atoms with Gasteiger partial charge in [0.15, 0.2) is 0 Å². The third-order valence-electron chi connectivity index (χ3n) is 4.10. The van der Waals surface area contributed by atoms with E-state index in [9.17, 15) is 9.59 Å². The first-order valence-corrected chi connectivity index (χ1v) is 6.83. The molecule has 96 valence electrons. The molecule has 1 N–H and O–H groups in total. The molecule has 2 fully saturated rings. The van der Waals surface area contributed by atoms with Crippen molar-refractivity contribution in [1.29, 1.82) is 0 Å². The number of hydrogen-bond donors (Lipinski definition) is 1. The molecule has 1 heterocycles. The minimum absolute atomic E-state index is 0.134. The molecule has 4 nitrogen and oxygen atoms in total. The maximum atomic E-state index is 11.8. The summed E-state index contributed by atoms with van der Waals surface area (Å²) in [6.45, 7) is 2.74. The Morgan fingerprint density at radius 3 is 2.59 bits per heavy atom. The van der Waals surface area contributed by atoms with Crippen molar-refractivity contribution < 1.29 is 9.59 Å².